The summed E-state index contributed by atoms with van der Waals surface area (Å²) in [6, 6.07) is 2.82. The van der Waals surface area contributed by atoms with Crippen molar-refractivity contribution in [1.82, 2.24) is 15.2 Å². The largest absolute Gasteiger partial charge is 0.395 e. The number of hydrogen-bond acceptors (Lipinski definition) is 4. The molecule has 0 saturated carbocycles. The van der Waals surface area contributed by atoms with Crippen LogP contribution in [0.2, 0.25) is 0 Å². The fourth-order valence-electron chi connectivity index (χ4n) is 2.02. The molecule has 0 spiro atoms. The molecule has 1 fully saturated rings. The summed E-state index contributed by atoms with van der Waals surface area (Å²) < 4.78 is 0. The smallest absolute Gasteiger partial charge is 0.273 e. The van der Waals surface area contributed by atoms with Crippen molar-refractivity contribution < 1.29 is 14.7 Å². The van der Waals surface area contributed by atoms with E-state index in [1.54, 1.807) is 19.1 Å². The van der Waals surface area contributed by atoms with Crippen LogP contribution in [-0.2, 0) is 4.79 Å². The van der Waals surface area contributed by atoms with Crippen LogP contribution >= 0.6 is 0 Å². The number of rotatable bonds is 2. The number of aliphatic hydroxyl groups excluding tert-OH is 1. The van der Waals surface area contributed by atoms with Gasteiger partial charge < -0.3 is 15.3 Å². The van der Waals surface area contributed by atoms with E-state index in [1.807, 2.05) is 0 Å². The number of pyridine rings is 1. The second-order valence-electron chi connectivity index (χ2n) is 4.67. The third-order valence-corrected chi connectivity index (χ3v) is 3.21. The van der Waals surface area contributed by atoms with E-state index < -0.39 is 6.04 Å². The molecule has 1 unspecified atom stereocenters. The molecule has 110 valence electrons. The van der Waals surface area contributed by atoms with Crippen molar-refractivity contribution in [2.24, 2.45) is 0 Å². The zero-order valence-corrected chi connectivity index (χ0v) is 11.8. The van der Waals surface area contributed by atoms with Gasteiger partial charge in [0, 0.05) is 31.3 Å². The first-order valence-electron chi connectivity index (χ1n) is 6.78. The van der Waals surface area contributed by atoms with Gasteiger partial charge >= 0.3 is 0 Å². The minimum absolute atomic E-state index is 0.0198. The lowest BCUT2D eigenvalue weighted by atomic mass is 10.1. The highest BCUT2D eigenvalue weighted by Gasteiger charge is 2.30. The molecular weight excluding hydrogens is 270 g/mol. The average molecular weight is 287 g/mol. The maximum absolute atomic E-state index is 12.3. The minimum atomic E-state index is -0.489. The summed E-state index contributed by atoms with van der Waals surface area (Å²) in [5, 5.41) is 11.4. The van der Waals surface area contributed by atoms with Crippen molar-refractivity contribution >= 4 is 11.8 Å². The van der Waals surface area contributed by atoms with Crippen LogP contribution in [0.1, 0.15) is 29.4 Å². The van der Waals surface area contributed by atoms with Gasteiger partial charge in [0.2, 0.25) is 5.91 Å². The van der Waals surface area contributed by atoms with Crippen LogP contribution in [-0.4, -0.2) is 52.5 Å². The van der Waals surface area contributed by atoms with Gasteiger partial charge in [-0.15, -0.1) is 0 Å². The molecule has 1 aromatic rings. The fraction of sp³-hybridized carbons (Fsp3) is 0.400. The van der Waals surface area contributed by atoms with Crippen LogP contribution in [0, 0.1) is 11.8 Å². The maximum atomic E-state index is 12.3. The Hall–Kier alpha value is -2.39. The molecule has 6 nitrogen and oxygen atoms in total. The van der Waals surface area contributed by atoms with E-state index in [1.165, 1.54) is 11.1 Å². The summed E-state index contributed by atoms with van der Waals surface area (Å²) in [5.41, 5.74) is 0.980. The Morgan fingerprint density at radius 2 is 2.38 bits per heavy atom. The van der Waals surface area contributed by atoms with Gasteiger partial charge in [0.05, 0.1) is 6.61 Å². The lowest BCUT2D eigenvalue weighted by Crippen LogP contribution is -2.55. The Morgan fingerprint density at radius 1 is 1.57 bits per heavy atom. The van der Waals surface area contributed by atoms with Gasteiger partial charge in [-0.1, -0.05) is 11.8 Å². The summed E-state index contributed by atoms with van der Waals surface area (Å²) in [7, 11) is 0. The third-order valence-electron chi connectivity index (χ3n) is 3.21. The number of amides is 2. The van der Waals surface area contributed by atoms with Gasteiger partial charge in [-0.3, -0.25) is 9.59 Å². The van der Waals surface area contributed by atoms with E-state index >= 15 is 0 Å². The number of aromatic nitrogens is 1. The molecule has 2 rings (SSSR count). The summed E-state index contributed by atoms with van der Waals surface area (Å²) >= 11 is 0. The first-order valence-corrected chi connectivity index (χ1v) is 6.78. The van der Waals surface area contributed by atoms with Crippen LogP contribution in [0.5, 0.6) is 0 Å². The van der Waals surface area contributed by atoms with Crippen molar-refractivity contribution in [2.45, 2.75) is 19.4 Å². The molecule has 2 heterocycles. The van der Waals surface area contributed by atoms with Crippen LogP contribution in [0.15, 0.2) is 18.3 Å². The van der Waals surface area contributed by atoms with E-state index in [9.17, 15) is 9.59 Å². The van der Waals surface area contributed by atoms with Crippen molar-refractivity contribution in [3.63, 3.8) is 0 Å². The maximum Gasteiger partial charge on any atom is 0.273 e. The Balaban J connectivity index is 2.10. The van der Waals surface area contributed by atoms with E-state index in [4.69, 9.17) is 5.11 Å². The van der Waals surface area contributed by atoms with Gasteiger partial charge in [0.1, 0.15) is 11.7 Å². The Morgan fingerprint density at radius 3 is 3.05 bits per heavy atom. The standard InChI is InChI=1S/C15H17N3O3/c1-11-14(20)16-7-8-18(11)15(21)13-6-5-12(10-17-13)4-2-3-9-19/h5-6,10-11,19H,3,7-9H2,1H3,(H,16,20). The SMILES string of the molecule is CC1C(=O)NCCN1C(=O)c1ccc(C#CCCO)cn1. The molecule has 2 N–H and O–H groups in total. The van der Waals surface area contributed by atoms with Crippen molar-refractivity contribution in [1.29, 1.82) is 0 Å². The topological polar surface area (TPSA) is 82.5 Å². The minimum Gasteiger partial charge on any atom is -0.395 e. The molecule has 0 aromatic carbocycles. The summed E-state index contributed by atoms with van der Waals surface area (Å²) in [6.45, 7) is 2.65. The lowest BCUT2D eigenvalue weighted by molar-refractivity contribution is -0.127. The molecule has 1 aromatic heterocycles. The van der Waals surface area contributed by atoms with Crippen molar-refractivity contribution in [2.75, 3.05) is 19.7 Å². The van der Waals surface area contributed by atoms with E-state index in [2.05, 4.69) is 22.1 Å². The zero-order chi connectivity index (χ0) is 15.2. The van der Waals surface area contributed by atoms with Crippen LogP contribution < -0.4 is 5.32 Å². The molecule has 6 heteroatoms. The van der Waals surface area contributed by atoms with Crippen LogP contribution in [0.3, 0.4) is 0 Å². The number of hydrogen-bond donors (Lipinski definition) is 2. The number of carbonyl (C=O) groups is 2. The highest BCUT2D eigenvalue weighted by Crippen LogP contribution is 2.10. The molecule has 1 aliphatic heterocycles. The lowest BCUT2D eigenvalue weighted by Gasteiger charge is -2.32. The second-order valence-corrected chi connectivity index (χ2v) is 4.67. The molecule has 1 atom stereocenters. The molecule has 1 aliphatic rings. The highest BCUT2D eigenvalue weighted by molar-refractivity contribution is 5.96. The normalized spacial score (nSPS) is 17.7. The Kier molecular flexibility index (Phi) is 4.90. The Labute approximate surface area is 123 Å². The monoisotopic (exact) mass is 287 g/mol. The predicted molar refractivity (Wildman–Crippen MR) is 76.3 cm³/mol. The van der Waals surface area contributed by atoms with Gasteiger partial charge in [-0.25, -0.2) is 4.98 Å². The fourth-order valence-corrected chi connectivity index (χ4v) is 2.02. The van der Waals surface area contributed by atoms with Crippen LogP contribution in [0.25, 0.3) is 0 Å². The van der Waals surface area contributed by atoms with Gasteiger partial charge in [-0.05, 0) is 19.1 Å². The number of nitrogens with one attached hydrogen (secondary N) is 1. The molecule has 21 heavy (non-hydrogen) atoms. The molecule has 0 radical (unpaired) electrons. The predicted octanol–water partition coefficient (Wildman–Crippen LogP) is -0.224. The summed E-state index contributed by atoms with van der Waals surface area (Å²) in [6.07, 6.45) is 1.92. The summed E-state index contributed by atoms with van der Waals surface area (Å²) in [4.78, 5) is 29.5. The van der Waals surface area contributed by atoms with E-state index in [-0.39, 0.29) is 18.4 Å². The third kappa shape index (κ3) is 3.58. The van der Waals surface area contributed by atoms with E-state index in [0.29, 0.717) is 30.8 Å². The summed E-state index contributed by atoms with van der Waals surface area (Å²) in [5.74, 6) is 5.22. The average Bonchev–Trinajstić information content (AvgIpc) is 2.50. The first-order chi connectivity index (χ1) is 10.1. The molecule has 1 saturated heterocycles. The van der Waals surface area contributed by atoms with Crippen LogP contribution in [0.4, 0.5) is 0 Å². The van der Waals surface area contributed by atoms with Gasteiger partial charge in [0.15, 0.2) is 0 Å². The number of carbonyl (C=O) groups excluding carboxylic acids is 2. The van der Waals surface area contributed by atoms with Crippen molar-refractivity contribution in [3.05, 3.63) is 29.6 Å². The number of aliphatic hydroxyl groups is 1. The Bertz CT molecular complexity index is 586. The van der Waals surface area contributed by atoms with Gasteiger partial charge in [-0.2, -0.15) is 0 Å². The molecular formula is C15H17N3O3. The number of nitrogens with zero attached hydrogens (tertiary/aromatic N) is 2. The second kappa shape index (κ2) is 6.86. The number of piperazine rings is 1. The quantitative estimate of drug-likeness (QED) is 0.737. The highest BCUT2D eigenvalue weighted by atomic mass is 16.2. The molecule has 0 aliphatic carbocycles. The zero-order valence-electron chi connectivity index (χ0n) is 11.8. The van der Waals surface area contributed by atoms with Crippen molar-refractivity contribution in [3.8, 4) is 11.8 Å². The molecule has 0 bridgehead atoms. The van der Waals surface area contributed by atoms with Gasteiger partial charge in [0.25, 0.3) is 5.91 Å². The van der Waals surface area contributed by atoms with E-state index in [0.717, 1.165) is 0 Å². The molecule has 2 amide bonds. The first kappa shape index (κ1) is 15.0.